The van der Waals surface area contributed by atoms with Gasteiger partial charge in [-0.05, 0) is 37.8 Å². The predicted molar refractivity (Wildman–Crippen MR) is 99.2 cm³/mol. The van der Waals surface area contributed by atoms with Crippen molar-refractivity contribution in [3.8, 4) is 0 Å². The molecule has 2 N–H and O–H groups in total. The lowest BCUT2D eigenvalue weighted by Gasteiger charge is -2.31. The van der Waals surface area contributed by atoms with E-state index in [1.807, 2.05) is 44.3 Å². The average Bonchev–Trinajstić information content (AvgIpc) is 2.99. The number of furan rings is 1. The van der Waals surface area contributed by atoms with Crippen molar-refractivity contribution in [3.63, 3.8) is 0 Å². The zero-order chi connectivity index (χ0) is 16.4. The molecule has 4 nitrogen and oxygen atoms in total. The van der Waals surface area contributed by atoms with Gasteiger partial charge in [-0.25, -0.2) is 0 Å². The molecule has 0 saturated heterocycles. The Kier molecular flexibility index (Phi) is 6.30. The molecule has 3 unspecified atom stereocenters. The van der Waals surface area contributed by atoms with Gasteiger partial charge in [0.05, 0.1) is 6.04 Å². The number of nitrogens with two attached hydrogens (primary N) is 1. The molecule has 0 spiro atoms. The molecule has 1 aliphatic carbocycles. The Balaban J connectivity index is 0.00000208. The van der Waals surface area contributed by atoms with Gasteiger partial charge in [0.1, 0.15) is 11.3 Å². The normalized spacial score (nSPS) is 22.0. The fourth-order valence-corrected chi connectivity index (χ4v) is 3.47. The van der Waals surface area contributed by atoms with Crippen molar-refractivity contribution in [2.45, 2.75) is 51.1 Å². The molecule has 5 heteroatoms. The molecule has 1 heterocycles. The fourth-order valence-electron chi connectivity index (χ4n) is 3.47. The van der Waals surface area contributed by atoms with Crippen LogP contribution in [-0.4, -0.2) is 23.9 Å². The van der Waals surface area contributed by atoms with Gasteiger partial charge in [0.25, 0.3) is 0 Å². The molecule has 1 aromatic carbocycles. The van der Waals surface area contributed by atoms with Crippen LogP contribution in [0.25, 0.3) is 11.0 Å². The summed E-state index contributed by atoms with van der Waals surface area (Å²) in [4.78, 5) is 14.4. The van der Waals surface area contributed by atoms with Crippen molar-refractivity contribution in [1.82, 2.24) is 4.90 Å². The number of benzene rings is 1. The van der Waals surface area contributed by atoms with E-state index in [4.69, 9.17) is 10.2 Å². The summed E-state index contributed by atoms with van der Waals surface area (Å²) in [5.74, 6) is 1.30. The number of fused-ring (bicyclic) bond motifs is 1. The van der Waals surface area contributed by atoms with Gasteiger partial charge in [0.2, 0.25) is 5.91 Å². The zero-order valence-corrected chi connectivity index (χ0v) is 15.2. The van der Waals surface area contributed by atoms with Crippen molar-refractivity contribution >= 4 is 29.3 Å². The largest absolute Gasteiger partial charge is 0.459 e. The molecule has 132 valence electrons. The topological polar surface area (TPSA) is 59.5 Å². The van der Waals surface area contributed by atoms with Crippen molar-refractivity contribution in [2.24, 2.45) is 11.7 Å². The van der Waals surface area contributed by atoms with Gasteiger partial charge in [-0.3, -0.25) is 4.79 Å². The summed E-state index contributed by atoms with van der Waals surface area (Å²) >= 11 is 0. The number of amides is 1. The van der Waals surface area contributed by atoms with Crippen molar-refractivity contribution in [2.75, 3.05) is 7.05 Å². The van der Waals surface area contributed by atoms with Gasteiger partial charge >= 0.3 is 0 Å². The van der Waals surface area contributed by atoms with E-state index in [-0.39, 0.29) is 30.4 Å². The van der Waals surface area contributed by atoms with E-state index in [9.17, 15) is 4.79 Å². The van der Waals surface area contributed by atoms with Crippen molar-refractivity contribution in [3.05, 3.63) is 36.1 Å². The van der Waals surface area contributed by atoms with Crippen LogP contribution in [0.15, 0.2) is 34.7 Å². The molecule has 1 aromatic heterocycles. The minimum atomic E-state index is -0.0743. The van der Waals surface area contributed by atoms with Crippen LogP contribution in [0.4, 0.5) is 0 Å². The van der Waals surface area contributed by atoms with E-state index in [1.165, 1.54) is 12.8 Å². The molecular weight excluding hydrogens is 324 g/mol. The quantitative estimate of drug-likeness (QED) is 0.895. The number of halogens is 1. The number of hydrogen-bond donors (Lipinski definition) is 1. The lowest BCUT2D eigenvalue weighted by atomic mass is 9.82. The van der Waals surface area contributed by atoms with Gasteiger partial charge in [-0.15, -0.1) is 12.4 Å². The fraction of sp³-hybridized carbons (Fsp3) is 0.526. The molecule has 1 aliphatic rings. The first-order chi connectivity index (χ1) is 11.1. The zero-order valence-electron chi connectivity index (χ0n) is 14.4. The second-order valence-electron chi connectivity index (χ2n) is 6.78. The SMILES string of the molecule is CC(c1cc2ccccc2o1)N(C)C(=O)CC1CCCCC1N.Cl. The molecule has 24 heavy (non-hydrogen) atoms. The van der Waals surface area contributed by atoms with Gasteiger partial charge in [0, 0.05) is 24.9 Å². The van der Waals surface area contributed by atoms with Crippen molar-refractivity contribution < 1.29 is 9.21 Å². The lowest BCUT2D eigenvalue weighted by Crippen LogP contribution is -2.38. The third kappa shape index (κ3) is 3.93. The van der Waals surface area contributed by atoms with Gasteiger partial charge < -0.3 is 15.1 Å². The summed E-state index contributed by atoms with van der Waals surface area (Å²) in [6.45, 7) is 2.01. The number of carbonyl (C=O) groups is 1. The standard InChI is InChI=1S/C19H26N2O2.ClH/c1-13(18-11-15-8-4-6-10-17(15)23-18)21(2)19(22)12-14-7-3-5-9-16(14)20;/h4,6,8,10-11,13-14,16H,3,5,7,9,12,20H2,1-2H3;1H. The van der Waals surface area contributed by atoms with E-state index in [0.717, 1.165) is 29.6 Å². The van der Waals surface area contributed by atoms with Crippen molar-refractivity contribution in [1.29, 1.82) is 0 Å². The van der Waals surface area contributed by atoms with E-state index in [0.29, 0.717) is 12.3 Å². The maximum absolute atomic E-state index is 12.6. The lowest BCUT2D eigenvalue weighted by molar-refractivity contribution is -0.133. The van der Waals surface area contributed by atoms with Gasteiger partial charge in [0.15, 0.2) is 0 Å². The average molecular weight is 351 g/mol. The number of hydrogen-bond acceptors (Lipinski definition) is 3. The predicted octanol–water partition coefficient (Wildman–Crippen LogP) is 4.28. The van der Waals surface area contributed by atoms with Gasteiger partial charge in [-0.2, -0.15) is 0 Å². The summed E-state index contributed by atoms with van der Waals surface area (Å²) in [5.41, 5.74) is 7.04. The number of rotatable bonds is 4. The van der Waals surface area contributed by atoms with Gasteiger partial charge in [-0.1, -0.05) is 31.0 Å². The maximum atomic E-state index is 12.6. The molecule has 3 rings (SSSR count). The third-order valence-electron chi connectivity index (χ3n) is 5.24. The molecule has 0 bridgehead atoms. The smallest absolute Gasteiger partial charge is 0.223 e. The second-order valence-corrected chi connectivity index (χ2v) is 6.78. The number of carbonyl (C=O) groups excluding carboxylic acids is 1. The highest BCUT2D eigenvalue weighted by Crippen LogP contribution is 2.30. The Labute approximate surface area is 149 Å². The third-order valence-corrected chi connectivity index (χ3v) is 5.24. The molecule has 3 atom stereocenters. The van der Waals surface area contributed by atoms with Crippen LogP contribution in [-0.2, 0) is 4.79 Å². The Hall–Kier alpha value is -1.52. The molecular formula is C19H27ClN2O2. The van der Waals surface area contributed by atoms with Crippen LogP contribution >= 0.6 is 12.4 Å². The molecule has 1 saturated carbocycles. The second kappa shape index (κ2) is 8.04. The summed E-state index contributed by atoms with van der Waals surface area (Å²) < 4.78 is 5.89. The number of nitrogens with zero attached hydrogens (tertiary/aromatic N) is 1. The van der Waals surface area contributed by atoms with E-state index >= 15 is 0 Å². The van der Waals surface area contributed by atoms with E-state index < -0.39 is 0 Å². The van der Waals surface area contributed by atoms with Crippen LogP contribution in [0.5, 0.6) is 0 Å². The first kappa shape index (κ1) is 18.8. The summed E-state index contributed by atoms with van der Waals surface area (Å²) in [7, 11) is 1.86. The number of para-hydroxylation sites is 1. The van der Waals surface area contributed by atoms with Crippen LogP contribution < -0.4 is 5.73 Å². The highest BCUT2D eigenvalue weighted by atomic mass is 35.5. The van der Waals surface area contributed by atoms with E-state index in [1.54, 1.807) is 4.90 Å². The molecule has 2 aromatic rings. The van der Waals surface area contributed by atoms with Crippen LogP contribution in [0.1, 0.15) is 50.8 Å². The summed E-state index contributed by atoms with van der Waals surface area (Å²) in [6.07, 6.45) is 5.04. The Morgan fingerprint density at radius 2 is 2.04 bits per heavy atom. The Morgan fingerprint density at radius 3 is 2.75 bits per heavy atom. The molecule has 0 radical (unpaired) electrons. The van der Waals surface area contributed by atoms with Crippen LogP contribution in [0.3, 0.4) is 0 Å². The first-order valence-electron chi connectivity index (χ1n) is 8.56. The minimum Gasteiger partial charge on any atom is -0.459 e. The highest BCUT2D eigenvalue weighted by molar-refractivity contribution is 5.85. The van der Waals surface area contributed by atoms with Crippen LogP contribution in [0.2, 0.25) is 0 Å². The summed E-state index contributed by atoms with van der Waals surface area (Å²) in [5, 5.41) is 1.07. The van der Waals surface area contributed by atoms with E-state index in [2.05, 4.69) is 0 Å². The molecule has 1 amide bonds. The van der Waals surface area contributed by atoms with Crippen LogP contribution in [0, 0.1) is 5.92 Å². The Morgan fingerprint density at radius 1 is 1.33 bits per heavy atom. The molecule has 0 aliphatic heterocycles. The monoisotopic (exact) mass is 350 g/mol. The summed E-state index contributed by atoms with van der Waals surface area (Å²) in [6, 6.07) is 10.0. The highest BCUT2D eigenvalue weighted by Gasteiger charge is 2.27. The molecule has 1 fully saturated rings. The Bertz CT molecular complexity index is 652. The minimum absolute atomic E-state index is 0. The maximum Gasteiger partial charge on any atom is 0.223 e. The first-order valence-corrected chi connectivity index (χ1v) is 8.56.